The standard InChI is InChI=1S/C20H16Br2N2O5/c1-3-28-17-10-12(9-16(22)18(17)29-11(2)25)8-15-19(26)23-24(20(15)27)14-6-4-13(21)5-7-14/h4-10H,3H2,1-2H3,(H,23,26)/b15-8+. The van der Waals surface area contributed by atoms with Gasteiger partial charge in [0.25, 0.3) is 11.8 Å². The van der Waals surface area contributed by atoms with E-state index in [2.05, 4.69) is 37.3 Å². The number of anilines is 1. The third-order valence-corrected chi connectivity index (χ3v) is 4.98. The minimum atomic E-state index is -0.518. The predicted molar refractivity (Wildman–Crippen MR) is 114 cm³/mol. The maximum absolute atomic E-state index is 12.8. The molecule has 1 N–H and O–H groups in total. The van der Waals surface area contributed by atoms with E-state index in [-0.39, 0.29) is 11.3 Å². The van der Waals surface area contributed by atoms with Gasteiger partial charge in [0.05, 0.1) is 16.8 Å². The van der Waals surface area contributed by atoms with E-state index in [1.165, 1.54) is 18.0 Å². The molecule has 9 heteroatoms. The highest BCUT2D eigenvalue weighted by molar-refractivity contribution is 9.10. The van der Waals surface area contributed by atoms with Crippen LogP contribution in [0.1, 0.15) is 19.4 Å². The Morgan fingerprint density at radius 3 is 2.48 bits per heavy atom. The van der Waals surface area contributed by atoms with Gasteiger partial charge in [0.2, 0.25) is 0 Å². The second-order valence-corrected chi connectivity index (χ2v) is 7.74. The summed E-state index contributed by atoms with van der Waals surface area (Å²) in [5.74, 6) is -0.931. The van der Waals surface area contributed by atoms with Crippen LogP contribution in [0.3, 0.4) is 0 Å². The van der Waals surface area contributed by atoms with Gasteiger partial charge in [0.15, 0.2) is 11.5 Å². The van der Waals surface area contributed by atoms with Gasteiger partial charge in [-0.25, -0.2) is 5.01 Å². The largest absolute Gasteiger partial charge is 0.490 e. The second-order valence-electron chi connectivity index (χ2n) is 5.97. The summed E-state index contributed by atoms with van der Waals surface area (Å²) in [7, 11) is 0. The smallest absolute Gasteiger partial charge is 0.308 e. The molecule has 0 bridgehead atoms. The van der Waals surface area contributed by atoms with E-state index in [0.717, 1.165) is 4.47 Å². The first kappa shape index (κ1) is 21.1. The molecule has 29 heavy (non-hydrogen) atoms. The summed E-state index contributed by atoms with van der Waals surface area (Å²) >= 11 is 6.68. The maximum Gasteiger partial charge on any atom is 0.308 e. The quantitative estimate of drug-likeness (QED) is 0.277. The summed E-state index contributed by atoms with van der Waals surface area (Å²) in [6.45, 7) is 3.43. The van der Waals surface area contributed by atoms with Crippen LogP contribution in [0.2, 0.25) is 0 Å². The first-order chi connectivity index (χ1) is 13.8. The molecule has 1 aliphatic heterocycles. The van der Waals surface area contributed by atoms with E-state index in [0.29, 0.717) is 28.1 Å². The van der Waals surface area contributed by atoms with Crippen LogP contribution in [0.25, 0.3) is 6.08 Å². The van der Waals surface area contributed by atoms with Crippen molar-refractivity contribution in [1.82, 2.24) is 5.43 Å². The van der Waals surface area contributed by atoms with Crippen LogP contribution in [-0.2, 0) is 14.4 Å². The zero-order chi connectivity index (χ0) is 21.1. The first-order valence-electron chi connectivity index (χ1n) is 8.57. The lowest BCUT2D eigenvalue weighted by molar-refractivity contribution is -0.132. The van der Waals surface area contributed by atoms with Crippen molar-refractivity contribution in [3.8, 4) is 11.5 Å². The second kappa shape index (κ2) is 8.79. The summed E-state index contributed by atoms with van der Waals surface area (Å²) in [4.78, 5) is 36.5. The van der Waals surface area contributed by atoms with E-state index < -0.39 is 17.8 Å². The van der Waals surface area contributed by atoms with Crippen molar-refractivity contribution in [3.05, 3.63) is 56.5 Å². The van der Waals surface area contributed by atoms with E-state index in [9.17, 15) is 14.4 Å². The molecule has 0 atom stereocenters. The number of hydrazine groups is 1. The number of carbonyl (C=O) groups excluding carboxylic acids is 3. The Morgan fingerprint density at radius 1 is 1.17 bits per heavy atom. The molecule has 7 nitrogen and oxygen atoms in total. The minimum absolute atomic E-state index is 0.0255. The molecule has 1 saturated heterocycles. The molecular weight excluding hydrogens is 508 g/mol. The molecule has 0 aromatic heterocycles. The normalized spacial score (nSPS) is 14.9. The molecule has 3 rings (SSSR count). The van der Waals surface area contributed by atoms with E-state index >= 15 is 0 Å². The summed E-state index contributed by atoms with van der Waals surface area (Å²) < 4.78 is 12.0. The lowest BCUT2D eigenvalue weighted by Crippen LogP contribution is -2.35. The fourth-order valence-corrected chi connectivity index (χ4v) is 3.48. The van der Waals surface area contributed by atoms with Crippen molar-refractivity contribution in [2.45, 2.75) is 13.8 Å². The summed E-state index contributed by atoms with van der Waals surface area (Å²) in [6.07, 6.45) is 1.46. The number of hydrogen-bond acceptors (Lipinski definition) is 5. The monoisotopic (exact) mass is 522 g/mol. The molecule has 150 valence electrons. The highest BCUT2D eigenvalue weighted by atomic mass is 79.9. The minimum Gasteiger partial charge on any atom is -0.490 e. The Kier molecular flexibility index (Phi) is 6.39. The van der Waals surface area contributed by atoms with Crippen LogP contribution in [0.4, 0.5) is 5.69 Å². The molecule has 0 unspecified atom stereocenters. The number of halogens is 2. The number of carbonyl (C=O) groups is 3. The number of nitrogens with zero attached hydrogens (tertiary/aromatic N) is 1. The zero-order valence-corrected chi connectivity index (χ0v) is 18.7. The van der Waals surface area contributed by atoms with Gasteiger partial charge >= 0.3 is 5.97 Å². The number of ether oxygens (including phenoxy) is 2. The molecule has 1 fully saturated rings. The molecule has 0 saturated carbocycles. The maximum atomic E-state index is 12.8. The number of esters is 1. The predicted octanol–water partition coefficient (Wildman–Crippen LogP) is 4.00. The van der Waals surface area contributed by atoms with Gasteiger partial charge in [-0.3, -0.25) is 19.8 Å². The van der Waals surface area contributed by atoms with Gasteiger partial charge in [0, 0.05) is 11.4 Å². The molecule has 2 amide bonds. The molecule has 1 aliphatic rings. The summed E-state index contributed by atoms with van der Waals surface area (Å²) in [5.41, 5.74) is 3.60. The summed E-state index contributed by atoms with van der Waals surface area (Å²) in [6, 6.07) is 10.2. The average Bonchev–Trinajstić information content (AvgIpc) is 2.93. The molecule has 1 heterocycles. The molecule has 0 aliphatic carbocycles. The number of benzene rings is 2. The Hall–Kier alpha value is -2.65. The summed E-state index contributed by atoms with van der Waals surface area (Å²) in [5, 5.41) is 1.19. The van der Waals surface area contributed by atoms with E-state index in [1.54, 1.807) is 43.3 Å². The topological polar surface area (TPSA) is 84.9 Å². The van der Waals surface area contributed by atoms with Crippen LogP contribution >= 0.6 is 31.9 Å². The highest BCUT2D eigenvalue weighted by Crippen LogP contribution is 2.38. The van der Waals surface area contributed by atoms with Crippen molar-refractivity contribution < 1.29 is 23.9 Å². The number of hydrogen-bond donors (Lipinski definition) is 1. The zero-order valence-electron chi connectivity index (χ0n) is 15.5. The van der Waals surface area contributed by atoms with Crippen LogP contribution in [-0.4, -0.2) is 24.4 Å². The fourth-order valence-electron chi connectivity index (χ4n) is 2.67. The number of amides is 2. The first-order valence-corrected chi connectivity index (χ1v) is 10.2. The Balaban J connectivity index is 1.96. The van der Waals surface area contributed by atoms with Gasteiger partial charge in [-0.1, -0.05) is 15.9 Å². The molecule has 2 aromatic carbocycles. The fraction of sp³-hybridized carbons (Fsp3) is 0.150. The van der Waals surface area contributed by atoms with E-state index in [4.69, 9.17) is 9.47 Å². The van der Waals surface area contributed by atoms with Crippen LogP contribution in [0.15, 0.2) is 50.9 Å². The Morgan fingerprint density at radius 2 is 1.86 bits per heavy atom. The van der Waals surface area contributed by atoms with Crippen molar-refractivity contribution in [2.75, 3.05) is 11.6 Å². The molecular formula is C20H16Br2N2O5. The Labute approximate surface area is 183 Å². The van der Waals surface area contributed by atoms with Gasteiger partial charge in [-0.05, 0) is 70.9 Å². The van der Waals surface area contributed by atoms with Crippen LogP contribution in [0, 0.1) is 0 Å². The molecule has 0 spiro atoms. The van der Waals surface area contributed by atoms with Crippen LogP contribution in [0.5, 0.6) is 11.5 Å². The van der Waals surface area contributed by atoms with Gasteiger partial charge in [0.1, 0.15) is 5.57 Å². The van der Waals surface area contributed by atoms with Gasteiger partial charge < -0.3 is 9.47 Å². The van der Waals surface area contributed by atoms with Gasteiger partial charge in [-0.15, -0.1) is 0 Å². The third-order valence-electron chi connectivity index (χ3n) is 3.86. The lowest BCUT2D eigenvalue weighted by atomic mass is 10.1. The lowest BCUT2D eigenvalue weighted by Gasteiger charge is -2.14. The number of nitrogens with one attached hydrogen (secondary N) is 1. The average molecular weight is 524 g/mol. The SMILES string of the molecule is CCOc1cc(/C=C2\C(=O)NN(c3ccc(Br)cc3)C2=O)cc(Br)c1OC(C)=O. The van der Waals surface area contributed by atoms with Crippen LogP contribution < -0.4 is 19.9 Å². The Bertz CT molecular complexity index is 1020. The van der Waals surface area contributed by atoms with Crippen molar-refractivity contribution in [1.29, 1.82) is 0 Å². The molecule has 2 aromatic rings. The van der Waals surface area contributed by atoms with Crippen molar-refractivity contribution >= 4 is 61.4 Å². The molecule has 0 radical (unpaired) electrons. The third kappa shape index (κ3) is 4.68. The van der Waals surface area contributed by atoms with Gasteiger partial charge in [-0.2, -0.15) is 0 Å². The highest BCUT2D eigenvalue weighted by Gasteiger charge is 2.34. The number of rotatable bonds is 5. The van der Waals surface area contributed by atoms with E-state index in [1.807, 2.05) is 0 Å². The van der Waals surface area contributed by atoms with Crippen molar-refractivity contribution in [2.24, 2.45) is 0 Å². The van der Waals surface area contributed by atoms with Crippen molar-refractivity contribution in [3.63, 3.8) is 0 Å².